The van der Waals surface area contributed by atoms with Gasteiger partial charge in [-0.3, -0.25) is 10.1 Å². The van der Waals surface area contributed by atoms with E-state index in [0.717, 1.165) is 45.9 Å². The Morgan fingerprint density at radius 3 is 2.65 bits per heavy atom. The third-order valence-electron chi connectivity index (χ3n) is 10.7. The summed E-state index contributed by atoms with van der Waals surface area (Å²) in [6, 6.07) is 17.5. The Bertz CT molecular complexity index is 1990. The summed E-state index contributed by atoms with van der Waals surface area (Å²) in [7, 11) is 1.37. The van der Waals surface area contributed by atoms with Gasteiger partial charge in [0.1, 0.15) is 11.5 Å². The van der Waals surface area contributed by atoms with Crippen molar-refractivity contribution in [2.75, 3.05) is 23.9 Å². The van der Waals surface area contributed by atoms with Crippen molar-refractivity contribution in [3.63, 3.8) is 0 Å². The number of carbonyl (C=O) groups is 2. The Balaban J connectivity index is 0.00000378. The van der Waals surface area contributed by atoms with Crippen LogP contribution in [0.15, 0.2) is 54.6 Å². The number of esters is 1. The SMILES string of the molecule is C.COC(=O)c1nc(N2CCc3cccc(C(=O)Nc4nc5ccccc5s4)c3C2)ccc1-c1nnn(CC23CCCC(CCC2)C3)c1C. The number of rotatable bonds is 7. The molecule has 10 nitrogen and oxygen atoms in total. The van der Waals surface area contributed by atoms with Crippen LogP contribution >= 0.6 is 11.3 Å². The zero-order valence-corrected chi connectivity index (χ0v) is 28.2. The van der Waals surface area contributed by atoms with E-state index < -0.39 is 5.97 Å². The summed E-state index contributed by atoms with van der Waals surface area (Å²) >= 11 is 1.46. The molecule has 0 atom stereocenters. The first-order valence-corrected chi connectivity index (χ1v) is 17.7. The molecule has 1 aliphatic heterocycles. The van der Waals surface area contributed by atoms with Gasteiger partial charge in [0.15, 0.2) is 10.8 Å². The van der Waals surface area contributed by atoms with Crippen molar-refractivity contribution < 1.29 is 14.3 Å². The van der Waals surface area contributed by atoms with E-state index in [0.29, 0.717) is 46.3 Å². The van der Waals surface area contributed by atoms with Gasteiger partial charge in [-0.25, -0.2) is 19.4 Å². The maximum absolute atomic E-state index is 13.6. The van der Waals surface area contributed by atoms with Crippen LogP contribution in [-0.4, -0.2) is 50.5 Å². The number of thiazole rings is 1. The molecule has 2 saturated carbocycles. The summed E-state index contributed by atoms with van der Waals surface area (Å²) in [5.41, 5.74) is 6.25. The quantitative estimate of drug-likeness (QED) is 0.173. The monoisotopic (exact) mass is 677 g/mol. The number of nitrogens with zero attached hydrogens (tertiary/aromatic N) is 6. The summed E-state index contributed by atoms with van der Waals surface area (Å²) < 4.78 is 8.28. The van der Waals surface area contributed by atoms with E-state index in [1.165, 1.54) is 63.4 Å². The molecule has 3 aromatic heterocycles. The average Bonchev–Trinajstić information content (AvgIpc) is 3.68. The number of amides is 1. The van der Waals surface area contributed by atoms with Gasteiger partial charge in [0, 0.05) is 30.8 Å². The highest BCUT2D eigenvalue weighted by molar-refractivity contribution is 7.22. The average molecular weight is 678 g/mol. The first-order valence-electron chi connectivity index (χ1n) is 16.9. The van der Waals surface area contributed by atoms with Crippen molar-refractivity contribution in [3.8, 4) is 11.3 Å². The van der Waals surface area contributed by atoms with Gasteiger partial charge in [-0.05, 0) is 85.4 Å². The molecular weight excluding hydrogens is 635 g/mol. The van der Waals surface area contributed by atoms with Crippen LogP contribution in [0.4, 0.5) is 10.9 Å². The molecule has 1 N–H and O–H groups in total. The number of pyridine rings is 1. The van der Waals surface area contributed by atoms with Crippen LogP contribution in [-0.2, 0) is 24.2 Å². The summed E-state index contributed by atoms with van der Waals surface area (Å²) in [4.78, 5) is 38.3. The highest BCUT2D eigenvalue weighted by Gasteiger charge is 2.40. The third kappa shape index (κ3) is 6.20. The molecular formula is C38H43N7O3S. The van der Waals surface area contributed by atoms with Gasteiger partial charge in [0.25, 0.3) is 5.91 Å². The second kappa shape index (κ2) is 13.3. The molecule has 0 unspecified atom stereocenters. The Morgan fingerprint density at radius 1 is 1.04 bits per heavy atom. The van der Waals surface area contributed by atoms with Gasteiger partial charge in [0.2, 0.25) is 0 Å². The Hall–Kier alpha value is -4.64. The second-order valence-corrected chi connectivity index (χ2v) is 14.7. The maximum atomic E-state index is 13.6. The molecule has 0 saturated heterocycles. The molecule has 0 spiro atoms. The minimum Gasteiger partial charge on any atom is -0.464 e. The number of ether oxygens (including phenoxy) is 1. The lowest BCUT2D eigenvalue weighted by molar-refractivity contribution is 0.0548. The number of carbonyl (C=O) groups excluding carboxylic acids is 2. The Kier molecular flexibility index (Phi) is 8.96. The fourth-order valence-electron chi connectivity index (χ4n) is 8.27. The number of nitrogens with one attached hydrogen (secondary N) is 1. The van der Waals surface area contributed by atoms with Gasteiger partial charge < -0.3 is 9.64 Å². The summed E-state index contributed by atoms with van der Waals surface area (Å²) in [6.07, 6.45) is 9.79. The minimum absolute atomic E-state index is 0. The smallest absolute Gasteiger partial charge is 0.357 e. The lowest BCUT2D eigenvalue weighted by Crippen LogP contribution is -2.37. The number of hydrogen-bond donors (Lipinski definition) is 1. The first-order chi connectivity index (χ1) is 23.4. The lowest BCUT2D eigenvalue weighted by atomic mass is 9.62. The van der Waals surface area contributed by atoms with Gasteiger partial charge in [-0.15, -0.1) is 5.10 Å². The molecule has 11 heteroatoms. The normalized spacial score (nSPS) is 20.0. The molecule has 0 radical (unpaired) electrons. The number of para-hydroxylation sites is 1. The number of fused-ring (bicyclic) bond motifs is 4. The standard InChI is InChI=1S/C37H39N7O3S.CH4/c1-23-32(41-42-44(23)22-37-17-6-8-24(20-37)9-7-18-37)27-14-15-31(39-33(27)35(46)47-2)43-19-16-25-10-5-11-26(28(25)21-43)34(45)40-36-38-29-12-3-4-13-30(29)48-36;/h3-5,10-15,24H,6-9,16-22H2,1-2H3,(H,38,40,45);1H4. The van der Waals surface area contributed by atoms with Crippen LogP contribution in [0.25, 0.3) is 21.5 Å². The molecule has 49 heavy (non-hydrogen) atoms. The maximum Gasteiger partial charge on any atom is 0.357 e. The summed E-state index contributed by atoms with van der Waals surface area (Å²) in [5.74, 6) is 0.770. The van der Waals surface area contributed by atoms with Crippen molar-refractivity contribution in [2.45, 2.75) is 78.8 Å². The number of hydrogen-bond acceptors (Lipinski definition) is 9. The highest BCUT2D eigenvalue weighted by atomic mass is 32.1. The number of aromatic nitrogens is 5. The molecule has 1 amide bonds. The summed E-state index contributed by atoms with van der Waals surface area (Å²) in [6.45, 7) is 4.07. The first kappa shape index (κ1) is 32.9. The largest absolute Gasteiger partial charge is 0.464 e. The molecule has 254 valence electrons. The van der Waals surface area contributed by atoms with Crippen LogP contribution in [0.3, 0.4) is 0 Å². The van der Waals surface area contributed by atoms with E-state index in [1.54, 1.807) is 0 Å². The Labute approximate surface area is 290 Å². The second-order valence-electron chi connectivity index (χ2n) is 13.6. The molecule has 5 aromatic rings. The van der Waals surface area contributed by atoms with Gasteiger partial charge in [-0.2, -0.15) is 0 Å². The molecule has 4 heterocycles. The molecule has 2 bridgehead atoms. The van der Waals surface area contributed by atoms with Gasteiger partial charge in [-0.1, -0.05) is 73.9 Å². The summed E-state index contributed by atoms with van der Waals surface area (Å²) in [5, 5.41) is 12.8. The topological polar surface area (TPSA) is 115 Å². The van der Waals surface area contributed by atoms with Crippen molar-refractivity contribution in [1.82, 2.24) is 25.0 Å². The zero-order valence-electron chi connectivity index (χ0n) is 27.4. The van der Waals surface area contributed by atoms with Crippen LogP contribution < -0.4 is 10.2 Å². The molecule has 3 aliphatic rings. The fraction of sp³-hybridized carbons (Fsp3) is 0.421. The van der Waals surface area contributed by atoms with Crippen LogP contribution in [0, 0.1) is 18.3 Å². The molecule has 2 aliphatic carbocycles. The zero-order chi connectivity index (χ0) is 32.8. The molecule has 2 aromatic carbocycles. The number of anilines is 2. The minimum atomic E-state index is -0.518. The predicted molar refractivity (Wildman–Crippen MR) is 193 cm³/mol. The lowest BCUT2D eigenvalue weighted by Gasteiger charge is -2.45. The van der Waals surface area contributed by atoms with Crippen molar-refractivity contribution in [2.24, 2.45) is 11.3 Å². The van der Waals surface area contributed by atoms with Crippen LogP contribution in [0.2, 0.25) is 0 Å². The van der Waals surface area contributed by atoms with E-state index in [1.807, 2.05) is 60.1 Å². The van der Waals surface area contributed by atoms with Crippen molar-refractivity contribution in [3.05, 3.63) is 82.7 Å². The molecule has 8 rings (SSSR count). The van der Waals surface area contributed by atoms with Crippen LogP contribution in [0.5, 0.6) is 0 Å². The van der Waals surface area contributed by atoms with Crippen molar-refractivity contribution >= 4 is 44.4 Å². The third-order valence-corrected chi connectivity index (χ3v) is 11.7. The predicted octanol–water partition coefficient (Wildman–Crippen LogP) is 7.86. The van der Waals surface area contributed by atoms with Crippen LogP contribution in [0.1, 0.15) is 90.0 Å². The van der Waals surface area contributed by atoms with Gasteiger partial charge in [0.05, 0.1) is 23.0 Å². The fourth-order valence-corrected chi connectivity index (χ4v) is 9.13. The number of benzene rings is 2. The Morgan fingerprint density at radius 2 is 1.86 bits per heavy atom. The van der Waals surface area contributed by atoms with E-state index in [2.05, 4.69) is 31.6 Å². The van der Waals surface area contributed by atoms with Crippen molar-refractivity contribution in [1.29, 1.82) is 0 Å². The highest BCUT2D eigenvalue weighted by Crippen LogP contribution is 2.50. The van der Waals surface area contributed by atoms with E-state index in [9.17, 15) is 9.59 Å². The van der Waals surface area contributed by atoms with E-state index in [4.69, 9.17) is 9.72 Å². The number of methoxy groups -OCH3 is 1. The van der Waals surface area contributed by atoms with Gasteiger partial charge >= 0.3 is 5.97 Å². The molecule has 2 fully saturated rings. The van der Waals surface area contributed by atoms with E-state index >= 15 is 0 Å². The van der Waals surface area contributed by atoms with E-state index in [-0.39, 0.29) is 19.0 Å².